The molecule has 0 aliphatic heterocycles. The van der Waals surface area contributed by atoms with E-state index >= 15 is 0 Å². The van der Waals surface area contributed by atoms with Crippen LogP contribution in [0.2, 0.25) is 0 Å². The third-order valence-corrected chi connectivity index (χ3v) is 4.10. The molecule has 125 valence electrons. The maximum absolute atomic E-state index is 5.93. The van der Waals surface area contributed by atoms with Crippen molar-refractivity contribution in [2.75, 3.05) is 6.61 Å². The molecule has 0 N–H and O–H groups in total. The Morgan fingerprint density at radius 2 is 1.36 bits per heavy atom. The highest BCUT2D eigenvalue weighted by Gasteiger charge is 2.01. The lowest BCUT2D eigenvalue weighted by atomic mass is 10.1. The van der Waals surface area contributed by atoms with E-state index in [0.717, 1.165) is 18.8 Å². The van der Waals surface area contributed by atoms with Gasteiger partial charge in [-0.05, 0) is 30.9 Å². The molecule has 0 amide bonds. The Morgan fingerprint density at radius 3 is 2.00 bits per heavy atom. The van der Waals surface area contributed by atoms with Crippen molar-refractivity contribution in [2.45, 2.75) is 84.5 Å². The quantitative estimate of drug-likeness (QED) is 0.338. The standard InChI is InChI=1S/C21H35O/c1-3-5-6-7-8-9-10-11-12-15-19-22-21-18-14-13-17-20(21)16-4-2/h13-14,16-18H,3-12,15,19H2,1-2H3. The average Bonchev–Trinajstić information content (AvgIpc) is 2.54. The largest absolute Gasteiger partial charge is 0.493 e. The Balaban J connectivity index is 1.97. The molecule has 1 heteroatoms. The number of para-hydroxylation sites is 1. The van der Waals surface area contributed by atoms with E-state index < -0.39 is 0 Å². The maximum Gasteiger partial charge on any atom is 0.122 e. The van der Waals surface area contributed by atoms with Crippen LogP contribution in [0.4, 0.5) is 0 Å². The first-order chi connectivity index (χ1) is 10.9. The van der Waals surface area contributed by atoms with Crippen LogP contribution in [0.15, 0.2) is 24.3 Å². The Kier molecular flexibility index (Phi) is 11.8. The zero-order valence-corrected chi connectivity index (χ0v) is 14.8. The molecule has 1 aromatic carbocycles. The normalized spacial score (nSPS) is 10.8. The smallest absolute Gasteiger partial charge is 0.122 e. The second-order valence-electron chi connectivity index (χ2n) is 6.18. The molecule has 0 aliphatic carbocycles. The highest BCUT2D eigenvalue weighted by molar-refractivity contribution is 5.38. The van der Waals surface area contributed by atoms with Gasteiger partial charge in [0.25, 0.3) is 0 Å². The van der Waals surface area contributed by atoms with Crippen molar-refractivity contribution in [3.63, 3.8) is 0 Å². The van der Waals surface area contributed by atoms with Gasteiger partial charge in [0, 0.05) is 0 Å². The van der Waals surface area contributed by atoms with Crippen molar-refractivity contribution >= 4 is 0 Å². The summed E-state index contributed by atoms with van der Waals surface area (Å²) >= 11 is 0. The minimum Gasteiger partial charge on any atom is -0.493 e. The molecule has 0 heterocycles. The van der Waals surface area contributed by atoms with Crippen molar-refractivity contribution in [1.29, 1.82) is 0 Å². The van der Waals surface area contributed by atoms with Crippen LogP contribution in [0.3, 0.4) is 0 Å². The Labute approximate surface area is 138 Å². The first kappa shape index (κ1) is 19.1. The second-order valence-corrected chi connectivity index (χ2v) is 6.18. The third kappa shape index (κ3) is 9.12. The molecule has 1 aromatic rings. The van der Waals surface area contributed by atoms with Crippen molar-refractivity contribution < 1.29 is 4.74 Å². The number of rotatable bonds is 14. The van der Waals surface area contributed by atoms with Crippen LogP contribution in [-0.2, 0) is 0 Å². The summed E-state index contributed by atoms with van der Waals surface area (Å²) in [6, 6.07) is 8.35. The molecular formula is C21H35O. The summed E-state index contributed by atoms with van der Waals surface area (Å²) in [6.45, 7) is 5.30. The molecule has 0 aliphatic rings. The summed E-state index contributed by atoms with van der Waals surface area (Å²) in [5.74, 6) is 1.04. The van der Waals surface area contributed by atoms with Crippen molar-refractivity contribution in [1.82, 2.24) is 0 Å². The van der Waals surface area contributed by atoms with Gasteiger partial charge in [-0.1, -0.05) is 89.8 Å². The van der Waals surface area contributed by atoms with Gasteiger partial charge in [0.1, 0.15) is 5.75 Å². The van der Waals surface area contributed by atoms with Gasteiger partial charge >= 0.3 is 0 Å². The van der Waals surface area contributed by atoms with Crippen LogP contribution >= 0.6 is 0 Å². The van der Waals surface area contributed by atoms with Crippen LogP contribution in [0, 0.1) is 6.42 Å². The van der Waals surface area contributed by atoms with E-state index in [-0.39, 0.29) is 0 Å². The number of benzene rings is 1. The predicted molar refractivity (Wildman–Crippen MR) is 97.5 cm³/mol. The Bertz CT molecular complexity index is 359. The molecule has 1 rings (SSSR count). The lowest BCUT2D eigenvalue weighted by Gasteiger charge is -2.10. The second kappa shape index (κ2) is 13.7. The molecule has 0 saturated carbocycles. The first-order valence-corrected chi connectivity index (χ1v) is 9.43. The summed E-state index contributed by atoms with van der Waals surface area (Å²) in [5.41, 5.74) is 1.23. The lowest BCUT2D eigenvalue weighted by Crippen LogP contribution is -1.99. The van der Waals surface area contributed by atoms with E-state index in [0.29, 0.717) is 0 Å². The van der Waals surface area contributed by atoms with Crippen molar-refractivity contribution in [3.8, 4) is 5.75 Å². The summed E-state index contributed by atoms with van der Waals surface area (Å²) in [7, 11) is 0. The van der Waals surface area contributed by atoms with Crippen molar-refractivity contribution in [2.24, 2.45) is 0 Å². The van der Waals surface area contributed by atoms with Crippen molar-refractivity contribution in [3.05, 3.63) is 36.2 Å². The fourth-order valence-electron chi connectivity index (χ4n) is 2.77. The SMILES string of the molecule is CC[CH]c1ccccc1OCCCCCCCCCCCC. The van der Waals surface area contributed by atoms with Gasteiger partial charge in [-0.3, -0.25) is 0 Å². The van der Waals surface area contributed by atoms with Gasteiger partial charge in [0.2, 0.25) is 0 Å². The van der Waals surface area contributed by atoms with Crippen LogP contribution in [0.25, 0.3) is 0 Å². The number of hydrogen-bond acceptors (Lipinski definition) is 1. The summed E-state index contributed by atoms with van der Waals surface area (Å²) in [4.78, 5) is 0. The van der Waals surface area contributed by atoms with E-state index in [1.54, 1.807) is 0 Å². The molecular weight excluding hydrogens is 268 g/mol. The van der Waals surface area contributed by atoms with Gasteiger partial charge < -0.3 is 4.74 Å². The fourth-order valence-corrected chi connectivity index (χ4v) is 2.77. The minimum atomic E-state index is 0.852. The van der Waals surface area contributed by atoms with E-state index in [4.69, 9.17) is 4.74 Å². The zero-order chi connectivity index (χ0) is 15.9. The fraction of sp³-hybridized carbons (Fsp3) is 0.667. The highest BCUT2D eigenvalue weighted by Crippen LogP contribution is 2.21. The summed E-state index contributed by atoms with van der Waals surface area (Å²) < 4.78 is 5.93. The molecule has 1 radical (unpaired) electrons. The molecule has 0 fully saturated rings. The first-order valence-electron chi connectivity index (χ1n) is 9.43. The van der Waals surface area contributed by atoms with Gasteiger partial charge in [0.05, 0.1) is 6.61 Å². The molecule has 0 saturated heterocycles. The molecule has 22 heavy (non-hydrogen) atoms. The van der Waals surface area contributed by atoms with Crippen LogP contribution < -0.4 is 4.74 Å². The predicted octanol–water partition coefficient (Wildman–Crippen LogP) is 6.95. The Hall–Kier alpha value is -0.980. The van der Waals surface area contributed by atoms with Crippen LogP contribution in [-0.4, -0.2) is 6.61 Å². The monoisotopic (exact) mass is 303 g/mol. The summed E-state index contributed by atoms with van der Waals surface area (Å²) in [6.07, 6.45) is 17.0. The minimum absolute atomic E-state index is 0.852. The third-order valence-electron chi connectivity index (χ3n) is 4.10. The van der Waals surface area contributed by atoms with Gasteiger partial charge in [-0.25, -0.2) is 0 Å². The van der Waals surface area contributed by atoms with E-state index in [2.05, 4.69) is 44.5 Å². The number of hydrogen-bond donors (Lipinski definition) is 0. The van der Waals surface area contributed by atoms with Crippen LogP contribution in [0.5, 0.6) is 5.75 Å². The number of ether oxygens (including phenoxy) is 1. The molecule has 0 bridgehead atoms. The summed E-state index contributed by atoms with van der Waals surface area (Å²) in [5, 5.41) is 0. The van der Waals surface area contributed by atoms with E-state index in [1.165, 1.54) is 69.8 Å². The molecule has 0 spiro atoms. The van der Waals surface area contributed by atoms with E-state index in [1.807, 2.05) is 0 Å². The van der Waals surface area contributed by atoms with Gasteiger partial charge in [0.15, 0.2) is 0 Å². The zero-order valence-electron chi connectivity index (χ0n) is 14.8. The maximum atomic E-state index is 5.93. The topological polar surface area (TPSA) is 9.23 Å². The molecule has 0 aromatic heterocycles. The van der Waals surface area contributed by atoms with E-state index in [9.17, 15) is 0 Å². The highest BCUT2D eigenvalue weighted by atomic mass is 16.5. The molecule has 1 nitrogen and oxygen atoms in total. The number of unbranched alkanes of at least 4 members (excludes halogenated alkanes) is 9. The Morgan fingerprint density at radius 1 is 0.773 bits per heavy atom. The molecule has 0 unspecified atom stereocenters. The van der Waals surface area contributed by atoms with Gasteiger partial charge in [-0.2, -0.15) is 0 Å². The van der Waals surface area contributed by atoms with Gasteiger partial charge in [-0.15, -0.1) is 0 Å². The molecule has 0 atom stereocenters. The average molecular weight is 304 g/mol. The van der Waals surface area contributed by atoms with Crippen LogP contribution in [0.1, 0.15) is 90.0 Å². The lowest BCUT2D eigenvalue weighted by molar-refractivity contribution is 0.302.